The first-order valence-corrected chi connectivity index (χ1v) is 17.1. The number of amides is 2. The molecular weight excluding hydrogens is 639 g/mol. The van der Waals surface area contributed by atoms with Crippen LogP contribution in [0.15, 0.2) is 108 Å². The van der Waals surface area contributed by atoms with Crippen LogP contribution in [0.3, 0.4) is 0 Å². The lowest BCUT2D eigenvalue weighted by molar-refractivity contribution is -0.140. The Kier molecular flexibility index (Phi) is 11.7. The van der Waals surface area contributed by atoms with Crippen molar-refractivity contribution < 1.29 is 31.2 Å². The number of alkyl halides is 3. The fraction of sp³-hybridized carbons (Fsp3) is 0.297. The van der Waals surface area contributed by atoms with Crippen LogP contribution in [0.4, 0.5) is 18.9 Å². The third kappa shape index (κ3) is 9.03. The monoisotopic (exact) mass is 679 g/mol. The molecule has 254 valence electrons. The summed E-state index contributed by atoms with van der Waals surface area (Å²) in [4.78, 5) is 29.6. The highest BCUT2D eigenvalue weighted by Crippen LogP contribution is 2.33. The number of aryl methyl sites for hydroxylation is 2. The highest BCUT2D eigenvalue weighted by molar-refractivity contribution is 7.92. The zero-order valence-corrected chi connectivity index (χ0v) is 28.2. The first kappa shape index (κ1) is 36.2. The smallest absolute Gasteiger partial charge is 0.352 e. The van der Waals surface area contributed by atoms with E-state index in [2.05, 4.69) is 5.32 Å². The molecule has 0 saturated carbocycles. The molecule has 0 radical (unpaired) electrons. The van der Waals surface area contributed by atoms with E-state index in [0.717, 1.165) is 34.4 Å². The van der Waals surface area contributed by atoms with E-state index in [0.29, 0.717) is 16.8 Å². The van der Waals surface area contributed by atoms with Gasteiger partial charge in [-0.1, -0.05) is 85.3 Å². The fourth-order valence-corrected chi connectivity index (χ4v) is 6.58. The Hall–Kier alpha value is -4.64. The molecule has 0 aliphatic rings. The van der Waals surface area contributed by atoms with Gasteiger partial charge >= 0.3 is 6.18 Å². The predicted octanol–water partition coefficient (Wildman–Crippen LogP) is 7.07. The van der Waals surface area contributed by atoms with Crippen molar-refractivity contribution in [2.45, 2.75) is 70.2 Å². The number of rotatable bonds is 13. The number of halogens is 3. The number of carbonyl (C=O) groups is 2. The minimum atomic E-state index is -4.76. The molecule has 0 aliphatic carbocycles. The van der Waals surface area contributed by atoms with Crippen LogP contribution < -0.4 is 9.62 Å². The van der Waals surface area contributed by atoms with Gasteiger partial charge in [-0.25, -0.2) is 8.42 Å². The van der Waals surface area contributed by atoms with Crippen LogP contribution in [0.25, 0.3) is 0 Å². The van der Waals surface area contributed by atoms with Crippen LogP contribution in [0.2, 0.25) is 0 Å². The SMILES string of the molecule is CC[C@@H](C)NC(=O)[C@@H](Cc1ccccc1)N(Cc1ccccc1C)C(=O)CN(c1cccc(C(F)(F)F)c1)S(=O)(=O)c1ccc(C)cc1. The van der Waals surface area contributed by atoms with E-state index in [4.69, 9.17) is 0 Å². The first-order chi connectivity index (χ1) is 22.7. The lowest BCUT2D eigenvalue weighted by atomic mass is 10.0. The van der Waals surface area contributed by atoms with Gasteiger partial charge in [-0.2, -0.15) is 13.2 Å². The largest absolute Gasteiger partial charge is 0.416 e. The second kappa shape index (κ2) is 15.5. The van der Waals surface area contributed by atoms with Gasteiger partial charge in [0, 0.05) is 19.0 Å². The van der Waals surface area contributed by atoms with Gasteiger partial charge in [-0.15, -0.1) is 0 Å². The van der Waals surface area contributed by atoms with Crippen molar-refractivity contribution in [3.8, 4) is 0 Å². The maximum Gasteiger partial charge on any atom is 0.416 e. The average Bonchev–Trinajstić information content (AvgIpc) is 3.06. The molecule has 0 aromatic heterocycles. The third-order valence-electron chi connectivity index (χ3n) is 8.22. The van der Waals surface area contributed by atoms with E-state index in [9.17, 15) is 31.2 Å². The van der Waals surface area contributed by atoms with Gasteiger partial charge in [-0.05, 0) is 74.2 Å². The lowest BCUT2D eigenvalue weighted by Crippen LogP contribution is -2.54. The maximum atomic E-state index is 14.6. The highest BCUT2D eigenvalue weighted by atomic mass is 32.2. The van der Waals surface area contributed by atoms with E-state index >= 15 is 0 Å². The Morgan fingerprint density at radius 2 is 1.50 bits per heavy atom. The summed E-state index contributed by atoms with van der Waals surface area (Å²) in [7, 11) is -4.55. The van der Waals surface area contributed by atoms with Gasteiger partial charge in [0.05, 0.1) is 16.1 Å². The molecule has 48 heavy (non-hydrogen) atoms. The Balaban J connectivity index is 1.86. The molecule has 2 amide bonds. The Morgan fingerprint density at radius 3 is 2.12 bits per heavy atom. The van der Waals surface area contributed by atoms with E-state index in [-0.39, 0.29) is 29.6 Å². The predicted molar refractivity (Wildman–Crippen MR) is 181 cm³/mol. The van der Waals surface area contributed by atoms with Gasteiger partial charge in [0.2, 0.25) is 11.8 Å². The summed E-state index contributed by atoms with van der Waals surface area (Å²) < 4.78 is 70.4. The summed E-state index contributed by atoms with van der Waals surface area (Å²) in [6.07, 6.45) is -4.01. The molecule has 11 heteroatoms. The molecule has 0 aliphatic heterocycles. The van der Waals surface area contributed by atoms with Crippen LogP contribution in [0.5, 0.6) is 0 Å². The van der Waals surface area contributed by atoms with E-state index in [1.54, 1.807) is 25.1 Å². The average molecular weight is 680 g/mol. The molecule has 0 heterocycles. The fourth-order valence-electron chi connectivity index (χ4n) is 5.17. The number of hydrogen-bond acceptors (Lipinski definition) is 4. The van der Waals surface area contributed by atoms with Crippen LogP contribution in [-0.2, 0) is 38.8 Å². The van der Waals surface area contributed by atoms with Gasteiger partial charge in [0.15, 0.2) is 0 Å². The molecule has 0 bridgehead atoms. The summed E-state index contributed by atoms with van der Waals surface area (Å²) in [6.45, 7) is 6.49. The molecule has 4 rings (SSSR count). The van der Waals surface area contributed by atoms with E-state index in [1.165, 1.54) is 23.1 Å². The van der Waals surface area contributed by atoms with Gasteiger partial charge in [0.25, 0.3) is 10.0 Å². The zero-order chi connectivity index (χ0) is 35.1. The minimum absolute atomic E-state index is 0.0437. The summed E-state index contributed by atoms with van der Waals surface area (Å²) >= 11 is 0. The van der Waals surface area contributed by atoms with Crippen LogP contribution in [-0.4, -0.2) is 43.8 Å². The number of sulfonamides is 1. The summed E-state index contributed by atoms with van der Waals surface area (Å²) in [5.41, 5.74) is 1.72. The second-order valence-electron chi connectivity index (χ2n) is 11.8. The molecule has 0 unspecified atom stereocenters. The summed E-state index contributed by atoms with van der Waals surface area (Å²) in [5, 5.41) is 2.97. The lowest BCUT2D eigenvalue weighted by Gasteiger charge is -2.34. The van der Waals surface area contributed by atoms with Crippen LogP contribution in [0, 0.1) is 13.8 Å². The molecule has 0 fully saturated rings. The third-order valence-corrected chi connectivity index (χ3v) is 10.0. The Labute approximate surface area is 280 Å². The van der Waals surface area contributed by atoms with Crippen molar-refractivity contribution in [1.82, 2.24) is 10.2 Å². The van der Waals surface area contributed by atoms with Crippen LogP contribution in [0.1, 0.15) is 48.1 Å². The zero-order valence-electron chi connectivity index (χ0n) is 27.4. The van der Waals surface area contributed by atoms with Crippen molar-refractivity contribution >= 4 is 27.5 Å². The molecule has 7 nitrogen and oxygen atoms in total. The number of carbonyl (C=O) groups excluding carboxylic acids is 2. The van der Waals surface area contributed by atoms with Crippen molar-refractivity contribution in [1.29, 1.82) is 0 Å². The summed E-state index contributed by atoms with van der Waals surface area (Å²) in [6, 6.07) is 24.8. The number of hydrogen-bond donors (Lipinski definition) is 1. The molecular formula is C37H40F3N3O4S. The standard InChI is InChI=1S/C37H40F3N3O4S/c1-5-28(4)41-36(45)34(22-29-13-7-6-8-14-29)42(24-30-15-10-9-12-27(30)3)35(44)25-43(32-17-11-16-31(23-32)37(38,39)40)48(46,47)33-20-18-26(2)19-21-33/h6-21,23,28,34H,5,22,24-25H2,1-4H3,(H,41,45)/t28-,34-/m1/s1. The van der Waals surface area contributed by atoms with Crippen molar-refractivity contribution in [2.24, 2.45) is 0 Å². The van der Waals surface area contributed by atoms with Crippen molar-refractivity contribution in [2.75, 3.05) is 10.8 Å². The Bertz CT molecular complexity index is 1810. The van der Waals surface area contributed by atoms with Gasteiger partial charge in [0.1, 0.15) is 12.6 Å². The molecule has 4 aromatic rings. The van der Waals surface area contributed by atoms with Crippen molar-refractivity contribution in [3.63, 3.8) is 0 Å². The first-order valence-electron chi connectivity index (χ1n) is 15.7. The number of nitrogens with zero attached hydrogens (tertiary/aromatic N) is 2. The molecule has 1 N–H and O–H groups in total. The number of nitrogens with one attached hydrogen (secondary N) is 1. The maximum absolute atomic E-state index is 14.6. The van der Waals surface area contributed by atoms with E-state index in [1.807, 2.05) is 69.3 Å². The highest BCUT2D eigenvalue weighted by Gasteiger charge is 2.36. The molecule has 0 spiro atoms. The topological polar surface area (TPSA) is 86.8 Å². The van der Waals surface area contributed by atoms with Gasteiger partial charge in [-0.3, -0.25) is 13.9 Å². The van der Waals surface area contributed by atoms with Gasteiger partial charge < -0.3 is 10.2 Å². The number of benzene rings is 4. The normalized spacial score (nSPS) is 13.0. The number of anilines is 1. The molecule has 2 atom stereocenters. The van der Waals surface area contributed by atoms with Crippen LogP contribution >= 0.6 is 0 Å². The molecule has 4 aromatic carbocycles. The minimum Gasteiger partial charge on any atom is -0.352 e. The quantitative estimate of drug-likeness (QED) is 0.164. The Morgan fingerprint density at radius 1 is 0.854 bits per heavy atom. The molecule has 0 saturated heterocycles. The van der Waals surface area contributed by atoms with Crippen molar-refractivity contribution in [3.05, 3.63) is 131 Å². The summed E-state index contributed by atoms with van der Waals surface area (Å²) in [5.74, 6) is -1.19. The van der Waals surface area contributed by atoms with E-state index < -0.39 is 46.2 Å². The second-order valence-corrected chi connectivity index (χ2v) is 13.7.